The molecule has 0 radical (unpaired) electrons. The Bertz CT molecular complexity index is 401. The molecule has 0 spiro atoms. The summed E-state index contributed by atoms with van der Waals surface area (Å²) in [5, 5.41) is 0. The molecule has 0 heterocycles. The van der Waals surface area contributed by atoms with E-state index in [0.717, 1.165) is 22.9 Å². The molecular weight excluding hydrogens is 257 g/mol. The van der Waals surface area contributed by atoms with Crippen molar-refractivity contribution in [3.63, 3.8) is 0 Å². The van der Waals surface area contributed by atoms with Crippen molar-refractivity contribution >= 4 is 15.9 Å². The van der Waals surface area contributed by atoms with E-state index < -0.39 is 0 Å². The number of hydrogen-bond donors (Lipinski definition) is 1. The molecular formula is C12H13BrFN. The van der Waals surface area contributed by atoms with Gasteiger partial charge in [0.15, 0.2) is 0 Å². The molecule has 0 fully saturated rings. The van der Waals surface area contributed by atoms with E-state index in [-0.39, 0.29) is 11.9 Å². The minimum Gasteiger partial charge on any atom is -0.321 e. The Hall–Kier alpha value is -0.670. The molecule has 0 bridgehead atoms. The number of rotatable bonds is 2. The quantitative estimate of drug-likeness (QED) is 0.815. The van der Waals surface area contributed by atoms with Crippen molar-refractivity contribution in [1.29, 1.82) is 0 Å². The van der Waals surface area contributed by atoms with Crippen LogP contribution in [0.25, 0.3) is 0 Å². The summed E-state index contributed by atoms with van der Waals surface area (Å²) in [6.07, 6.45) is 5.55. The van der Waals surface area contributed by atoms with Gasteiger partial charge in [-0.25, -0.2) is 4.39 Å². The molecule has 1 atom stereocenters. The van der Waals surface area contributed by atoms with Crippen LogP contribution in [0.15, 0.2) is 34.3 Å². The number of allylic oxidation sites excluding steroid dienone is 1. The van der Waals surface area contributed by atoms with E-state index in [0.29, 0.717) is 0 Å². The zero-order valence-electron chi connectivity index (χ0n) is 8.34. The summed E-state index contributed by atoms with van der Waals surface area (Å²) in [5.74, 6) is -0.238. The Kier molecular flexibility index (Phi) is 3.22. The standard InChI is InChI=1S/C12H13BrFN/c13-11-7-9(14)5-6-10(11)12(15)8-3-1-2-4-8/h3,5-7,12H,1-2,4,15H2. The molecule has 1 unspecified atom stereocenters. The summed E-state index contributed by atoms with van der Waals surface area (Å²) < 4.78 is 13.7. The van der Waals surface area contributed by atoms with Gasteiger partial charge in [0.1, 0.15) is 5.82 Å². The molecule has 1 aliphatic rings. The molecule has 0 amide bonds. The first-order valence-electron chi connectivity index (χ1n) is 5.08. The second-order valence-corrected chi connectivity index (χ2v) is 4.67. The van der Waals surface area contributed by atoms with Crippen LogP contribution >= 0.6 is 15.9 Å². The molecule has 1 aromatic carbocycles. The smallest absolute Gasteiger partial charge is 0.124 e. The van der Waals surface area contributed by atoms with Crippen LogP contribution in [0.3, 0.4) is 0 Å². The van der Waals surface area contributed by atoms with E-state index in [1.54, 1.807) is 6.07 Å². The van der Waals surface area contributed by atoms with Crippen LogP contribution in [0.2, 0.25) is 0 Å². The highest BCUT2D eigenvalue weighted by Gasteiger charge is 2.17. The average molecular weight is 270 g/mol. The van der Waals surface area contributed by atoms with E-state index in [4.69, 9.17) is 5.73 Å². The minimum absolute atomic E-state index is 0.0949. The number of nitrogens with two attached hydrogens (primary N) is 1. The third-order valence-electron chi connectivity index (χ3n) is 2.77. The molecule has 1 nitrogen and oxygen atoms in total. The van der Waals surface area contributed by atoms with Gasteiger partial charge in [0.2, 0.25) is 0 Å². The third-order valence-corrected chi connectivity index (χ3v) is 3.46. The Morgan fingerprint density at radius 3 is 2.80 bits per heavy atom. The lowest BCUT2D eigenvalue weighted by Gasteiger charge is -2.15. The number of halogens is 2. The monoisotopic (exact) mass is 269 g/mol. The number of hydrogen-bond acceptors (Lipinski definition) is 1. The molecule has 2 N–H and O–H groups in total. The van der Waals surface area contributed by atoms with Crippen molar-refractivity contribution in [2.45, 2.75) is 25.3 Å². The minimum atomic E-state index is -0.238. The van der Waals surface area contributed by atoms with Gasteiger partial charge in [-0.3, -0.25) is 0 Å². The van der Waals surface area contributed by atoms with Gasteiger partial charge in [-0.2, -0.15) is 0 Å². The van der Waals surface area contributed by atoms with Gasteiger partial charge in [0.05, 0.1) is 6.04 Å². The van der Waals surface area contributed by atoms with Gasteiger partial charge >= 0.3 is 0 Å². The fraction of sp³-hybridized carbons (Fsp3) is 0.333. The van der Waals surface area contributed by atoms with Crippen molar-refractivity contribution in [2.24, 2.45) is 5.73 Å². The molecule has 0 aromatic heterocycles. The topological polar surface area (TPSA) is 26.0 Å². The Morgan fingerprint density at radius 1 is 1.40 bits per heavy atom. The first kappa shape index (κ1) is 10.8. The second kappa shape index (κ2) is 4.45. The van der Waals surface area contributed by atoms with Crippen LogP contribution in [0.5, 0.6) is 0 Å². The van der Waals surface area contributed by atoms with Crippen molar-refractivity contribution < 1.29 is 4.39 Å². The summed E-state index contributed by atoms with van der Waals surface area (Å²) >= 11 is 3.35. The normalized spacial score (nSPS) is 17.7. The highest BCUT2D eigenvalue weighted by atomic mass is 79.9. The highest BCUT2D eigenvalue weighted by Crippen LogP contribution is 2.32. The maximum absolute atomic E-state index is 12.9. The molecule has 15 heavy (non-hydrogen) atoms. The predicted molar refractivity (Wildman–Crippen MR) is 63.0 cm³/mol. The van der Waals surface area contributed by atoms with Gasteiger partial charge in [0, 0.05) is 4.47 Å². The fourth-order valence-electron chi connectivity index (χ4n) is 1.93. The maximum Gasteiger partial charge on any atom is 0.124 e. The Balaban J connectivity index is 2.28. The second-order valence-electron chi connectivity index (χ2n) is 3.81. The van der Waals surface area contributed by atoms with Crippen molar-refractivity contribution in [3.8, 4) is 0 Å². The molecule has 0 saturated heterocycles. The van der Waals surface area contributed by atoms with E-state index in [2.05, 4.69) is 22.0 Å². The van der Waals surface area contributed by atoms with Crippen molar-refractivity contribution in [3.05, 3.63) is 45.7 Å². The number of benzene rings is 1. The van der Waals surface area contributed by atoms with Crippen molar-refractivity contribution in [2.75, 3.05) is 0 Å². The lowest BCUT2D eigenvalue weighted by atomic mass is 9.99. The first-order chi connectivity index (χ1) is 7.18. The fourth-order valence-corrected chi connectivity index (χ4v) is 2.53. The van der Waals surface area contributed by atoms with E-state index in [9.17, 15) is 4.39 Å². The van der Waals surface area contributed by atoms with Crippen molar-refractivity contribution in [1.82, 2.24) is 0 Å². The molecule has 0 aliphatic heterocycles. The largest absolute Gasteiger partial charge is 0.321 e. The van der Waals surface area contributed by atoms with E-state index in [1.807, 2.05) is 0 Å². The lowest BCUT2D eigenvalue weighted by molar-refractivity contribution is 0.624. The van der Waals surface area contributed by atoms with Crippen LogP contribution in [-0.2, 0) is 0 Å². The third kappa shape index (κ3) is 2.29. The Labute approximate surface area is 97.3 Å². The van der Waals surface area contributed by atoms with E-state index >= 15 is 0 Å². The zero-order chi connectivity index (χ0) is 10.8. The summed E-state index contributed by atoms with van der Waals surface area (Å²) in [5.41, 5.74) is 8.36. The molecule has 3 heteroatoms. The van der Waals surface area contributed by atoms with E-state index in [1.165, 1.54) is 24.1 Å². The molecule has 0 saturated carbocycles. The van der Waals surface area contributed by atoms with Gasteiger partial charge < -0.3 is 5.73 Å². The predicted octanol–water partition coefficient (Wildman–Crippen LogP) is 3.70. The summed E-state index contributed by atoms with van der Waals surface area (Å²) in [7, 11) is 0. The van der Waals surface area contributed by atoms with Gasteiger partial charge in [-0.1, -0.05) is 33.6 Å². The van der Waals surface area contributed by atoms with Gasteiger partial charge in [-0.05, 0) is 37.0 Å². The molecule has 80 valence electrons. The molecule has 2 rings (SSSR count). The lowest BCUT2D eigenvalue weighted by Crippen LogP contribution is -2.12. The summed E-state index contributed by atoms with van der Waals surface area (Å²) in [6.45, 7) is 0. The van der Waals surface area contributed by atoms with Crippen LogP contribution < -0.4 is 5.73 Å². The van der Waals surface area contributed by atoms with Crippen LogP contribution in [-0.4, -0.2) is 0 Å². The molecule has 1 aliphatic carbocycles. The average Bonchev–Trinajstić information content (AvgIpc) is 2.69. The summed E-state index contributed by atoms with van der Waals surface area (Å²) in [4.78, 5) is 0. The first-order valence-corrected chi connectivity index (χ1v) is 5.87. The highest BCUT2D eigenvalue weighted by molar-refractivity contribution is 9.10. The Morgan fingerprint density at radius 2 is 2.20 bits per heavy atom. The SMILES string of the molecule is NC(C1=CCCC1)c1ccc(F)cc1Br. The van der Waals surface area contributed by atoms with Gasteiger partial charge in [-0.15, -0.1) is 0 Å². The summed E-state index contributed by atoms with van der Waals surface area (Å²) in [6, 6.07) is 4.58. The van der Waals surface area contributed by atoms with Crippen LogP contribution in [0.1, 0.15) is 30.9 Å². The van der Waals surface area contributed by atoms with Crippen LogP contribution in [0.4, 0.5) is 4.39 Å². The van der Waals surface area contributed by atoms with Gasteiger partial charge in [0.25, 0.3) is 0 Å². The molecule has 1 aromatic rings. The van der Waals surface area contributed by atoms with Crippen LogP contribution in [0, 0.1) is 5.82 Å². The maximum atomic E-state index is 12.9. The zero-order valence-corrected chi connectivity index (χ0v) is 9.93.